The maximum atomic E-state index is 13.0. The van der Waals surface area contributed by atoms with Crippen molar-refractivity contribution >= 4 is 17.4 Å². The molecule has 1 aromatic carbocycles. The molecule has 1 saturated heterocycles. The highest BCUT2D eigenvalue weighted by atomic mass is 16.5. The lowest BCUT2D eigenvalue weighted by atomic mass is 10.0. The molecular formula is C19H24N2O5. The lowest BCUT2D eigenvalue weighted by molar-refractivity contribution is -0.138. The van der Waals surface area contributed by atoms with Gasteiger partial charge in [0.15, 0.2) is 0 Å². The van der Waals surface area contributed by atoms with Crippen LogP contribution in [0.2, 0.25) is 0 Å². The van der Waals surface area contributed by atoms with Crippen LogP contribution in [-0.2, 0) is 19.1 Å². The first-order chi connectivity index (χ1) is 12.7. The lowest BCUT2D eigenvalue weighted by Gasteiger charge is -2.29. The third-order valence-electron chi connectivity index (χ3n) is 4.44. The van der Waals surface area contributed by atoms with Gasteiger partial charge in [0.25, 0.3) is 11.8 Å². The molecule has 0 atom stereocenters. The average molecular weight is 360 g/mol. The molecule has 0 spiro atoms. The molecular weight excluding hydrogens is 336 g/mol. The van der Waals surface area contributed by atoms with E-state index in [0.717, 1.165) is 5.75 Å². The van der Waals surface area contributed by atoms with Crippen LogP contribution in [-0.4, -0.2) is 74.8 Å². The number of benzene rings is 1. The minimum atomic E-state index is -0.280. The predicted molar refractivity (Wildman–Crippen MR) is 95.5 cm³/mol. The summed E-state index contributed by atoms with van der Waals surface area (Å²) in [5.74, 6) is 0.188. The van der Waals surface area contributed by atoms with Gasteiger partial charge in [-0.1, -0.05) is 12.1 Å². The third-order valence-corrected chi connectivity index (χ3v) is 4.44. The van der Waals surface area contributed by atoms with E-state index in [1.54, 1.807) is 7.11 Å². The third kappa shape index (κ3) is 3.59. The van der Waals surface area contributed by atoms with Gasteiger partial charge in [0.2, 0.25) is 0 Å². The summed E-state index contributed by atoms with van der Waals surface area (Å²) in [5, 5.41) is 0. The van der Waals surface area contributed by atoms with Crippen molar-refractivity contribution in [3.63, 3.8) is 0 Å². The highest BCUT2D eigenvalue weighted by Gasteiger charge is 2.41. The minimum Gasteiger partial charge on any atom is -0.494 e. The van der Waals surface area contributed by atoms with E-state index in [-0.39, 0.29) is 18.4 Å². The molecule has 140 valence electrons. The zero-order valence-corrected chi connectivity index (χ0v) is 15.2. The van der Waals surface area contributed by atoms with Crippen molar-refractivity contribution in [1.82, 2.24) is 9.80 Å². The van der Waals surface area contributed by atoms with E-state index < -0.39 is 0 Å². The van der Waals surface area contributed by atoms with E-state index in [4.69, 9.17) is 14.2 Å². The highest BCUT2D eigenvalue weighted by Crippen LogP contribution is 2.32. The molecule has 2 aliphatic heterocycles. The van der Waals surface area contributed by atoms with Crippen LogP contribution in [0.15, 0.2) is 30.0 Å². The first-order valence-electron chi connectivity index (χ1n) is 8.82. The van der Waals surface area contributed by atoms with Gasteiger partial charge in [0.05, 0.1) is 38.5 Å². The van der Waals surface area contributed by atoms with Gasteiger partial charge in [-0.25, -0.2) is 0 Å². The van der Waals surface area contributed by atoms with Gasteiger partial charge in [-0.15, -0.1) is 0 Å². The molecule has 0 bridgehead atoms. The predicted octanol–water partition coefficient (Wildman–Crippen LogP) is 1.14. The van der Waals surface area contributed by atoms with Crippen LogP contribution >= 0.6 is 0 Å². The Morgan fingerprint density at radius 1 is 1.08 bits per heavy atom. The molecule has 2 aliphatic rings. The van der Waals surface area contributed by atoms with Crippen molar-refractivity contribution in [2.45, 2.75) is 6.92 Å². The van der Waals surface area contributed by atoms with Crippen LogP contribution in [0.1, 0.15) is 12.5 Å². The standard InChI is InChI=1S/C19H24N2O5/c1-3-26-15-6-4-14(5-7-15)16-17(20-8-12-25-13-9-20)19(23)21(18(16)22)10-11-24-2/h4-7H,3,8-13H2,1-2H3. The van der Waals surface area contributed by atoms with Gasteiger partial charge in [0.1, 0.15) is 11.4 Å². The summed E-state index contributed by atoms with van der Waals surface area (Å²) < 4.78 is 15.9. The molecule has 2 amide bonds. The number of carbonyl (C=O) groups excluding carboxylic acids is 2. The molecule has 1 aromatic rings. The molecule has 0 unspecified atom stereocenters. The smallest absolute Gasteiger partial charge is 0.277 e. The molecule has 2 heterocycles. The molecule has 7 heteroatoms. The Labute approximate surface area is 153 Å². The van der Waals surface area contributed by atoms with Gasteiger partial charge in [0, 0.05) is 20.2 Å². The Bertz CT molecular complexity index is 692. The Morgan fingerprint density at radius 2 is 1.77 bits per heavy atom. The van der Waals surface area contributed by atoms with Crippen LogP contribution in [0.4, 0.5) is 0 Å². The van der Waals surface area contributed by atoms with Gasteiger partial charge < -0.3 is 19.1 Å². The summed E-state index contributed by atoms with van der Waals surface area (Å²) in [6, 6.07) is 7.29. The molecule has 0 N–H and O–H groups in total. The fraction of sp³-hybridized carbons (Fsp3) is 0.474. The summed E-state index contributed by atoms with van der Waals surface area (Å²) in [6.07, 6.45) is 0. The number of rotatable bonds is 7. The maximum absolute atomic E-state index is 13.0. The van der Waals surface area contributed by atoms with Gasteiger partial charge in [-0.2, -0.15) is 0 Å². The number of methoxy groups -OCH3 is 1. The highest BCUT2D eigenvalue weighted by molar-refractivity contribution is 6.35. The summed E-state index contributed by atoms with van der Waals surface area (Å²) in [6.45, 7) is 5.30. The number of carbonyl (C=O) groups is 2. The first kappa shape index (κ1) is 18.4. The van der Waals surface area contributed by atoms with Crippen LogP contribution in [0, 0.1) is 0 Å². The van der Waals surface area contributed by atoms with Gasteiger partial charge in [-0.05, 0) is 24.6 Å². The van der Waals surface area contributed by atoms with Crippen molar-refractivity contribution in [1.29, 1.82) is 0 Å². The van der Waals surface area contributed by atoms with Gasteiger partial charge in [-0.3, -0.25) is 14.5 Å². The number of amides is 2. The van der Waals surface area contributed by atoms with E-state index in [9.17, 15) is 9.59 Å². The van der Waals surface area contributed by atoms with Crippen LogP contribution in [0.3, 0.4) is 0 Å². The molecule has 3 rings (SSSR count). The minimum absolute atomic E-state index is 0.239. The molecule has 1 fully saturated rings. The second-order valence-electron chi connectivity index (χ2n) is 6.04. The maximum Gasteiger partial charge on any atom is 0.277 e. The topological polar surface area (TPSA) is 68.3 Å². The largest absolute Gasteiger partial charge is 0.494 e. The van der Waals surface area contributed by atoms with Crippen LogP contribution in [0.5, 0.6) is 5.75 Å². The summed E-state index contributed by atoms with van der Waals surface area (Å²) >= 11 is 0. The number of morpholine rings is 1. The van der Waals surface area contributed by atoms with E-state index in [0.29, 0.717) is 56.4 Å². The summed E-state index contributed by atoms with van der Waals surface area (Å²) in [4.78, 5) is 29.2. The van der Waals surface area contributed by atoms with Crippen molar-refractivity contribution in [3.05, 3.63) is 35.5 Å². The lowest BCUT2D eigenvalue weighted by Crippen LogP contribution is -2.41. The second-order valence-corrected chi connectivity index (χ2v) is 6.04. The Hall–Kier alpha value is -2.38. The van der Waals surface area contributed by atoms with E-state index in [1.165, 1.54) is 4.90 Å². The SMILES string of the molecule is CCOc1ccc(C2=C(N3CCOCC3)C(=O)N(CCOC)C2=O)cc1. The normalized spacial score (nSPS) is 18.1. The fourth-order valence-electron chi connectivity index (χ4n) is 3.17. The molecule has 0 radical (unpaired) electrons. The van der Waals surface area contributed by atoms with E-state index in [2.05, 4.69) is 0 Å². The van der Waals surface area contributed by atoms with Crippen molar-refractivity contribution in [2.24, 2.45) is 0 Å². The Kier molecular flexibility index (Phi) is 5.90. The summed E-state index contributed by atoms with van der Waals surface area (Å²) in [7, 11) is 1.55. The molecule has 0 aliphatic carbocycles. The Balaban J connectivity index is 1.97. The number of nitrogens with zero attached hydrogens (tertiary/aromatic N) is 2. The van der Waals surface area contributed by atoms with Crippen molar-refractivity contribution < 1.29 is 23.8 Å². The average Bonchev–Trinajstić information content (AvgIpc) is 2.92. The monoisotopic (exact) mass is 360 g/mol. The molecule has 0 aromatic heterocycles. The van der Waals surface area contributed by atoms with Crippen molar-refractivity contribution in [3.8, 4) is 5.75 Å². The molecule has 26 heavy (non-hydrogen) atoms. The van der Waals surface area contributed by atoms with Crippen molar-refractivity contribution in [2.75, 3.05) is 53.2 Å². The molecule has 7 nitrogen and oxygen atoms in total. The number of hydrogen-bond donors (Lipinski definition) is 0. The summed E-state index contributed by atoms with van der Waals surface area (Å²) in [5.41, 5.74) is 1.61. The number of ether oxygens (including phenoxy) is 3. The number of imide groups is 1. The Morgan fingerprint density at radius 3 is 2.38 bits per heavy atom. The fourth-order valence-corrected chi connectivity index (χ4v) is 3.17. The zero-order valence-electron chi connectivity index (χ0n) is 15.2. The van der Waals surface area contributed by atoms with Crippen LogP contribution < -0.4 is 4.74 Å². The first-order valence-corrected chi connectivity index (χ1v) is 8.82. The van der Waals surface area contributed by atoms with E-state index >= 15 is 0 Å². The van der Waals surface area contributed by atoms with E-state index in [1.807, 2.05) is 36.1 Å². The number of hydrogen-bond acceptors (Lipinski definition) is 6. The zero-order chi connectivity index (χ0) is 18.5. The van der Waals surface area contributed by atoms with Crippen LogP contribution in [0.25, 0.3) is 5.57 Å². The second kappa shape index (κ2) is 8.33. The van der Waals surface area contributed by atoms with Gasteiger partial charge >= 0.3 is 0 Å². The quantitative estimate of drug-likeness (QED) is 0.680. The molecule has 0 saturated carbocycles.